The Hall–Kier alpha value is -2.67. The number of nitrogens with zero attached hydrogens (tertiary/aromatic N) is 1. The molecule has 0 bridgehead atoms. The van der Waals surface area contributed by atoms with E-state index in [2.05, 4.69) is 78.6 Å². The molecule has 1 nitrogen and oxygen atoms in total. The molecular weight excluding hydrogens is 290 g/mol. The van der Waals surface area contributed by atoms with Gasteiger partial charge in [0.05, 0.1) is 5.69 Å². The van der Waals surface area contributed by atoms with E-state index >= 15 is 0 Å². The van der Waals surface area contributed by atoms with Gasteiger partial charge in [-0.25, -0.2) is 0 Å². The molecule has 0 amide bonds. The minimum atomic E-state index is 1.07. The van der Waals surface area contributed by atoms with Crippen molar-refractivity contribution in [1.82, 2.24) is 4.98 Å². The third kappa shape index (κ3) is 2.67. The van der Waals surface area contributed by atoms with Crippen LogP contribution in [-0.2, 0) is 6.42 Å². The van der Waals surface area contributed by atoms with Crippen LogP contribution >= 0.6 is 0 Å². The first-order valence-corrected chi connectivity index (χ1v) is 8.72. The molecule has 0 unspecified atom stereocenters. The number of benzene rings is 3. The van der Waals surface area contributed by atoms with Crippen molar-refractivity contribution < 1.29 is 0 Å². The zero-order chi connectivity index (χ0) is 16.4. The molecule has 0 spiro atoms. The first-order chi connectivity index (χ1) is 11.9. The maximum atomic E-state index is 4.68. The van der Waals surface area contributed by atoms with Gasteiger partial charge >= 0.3 is 0 Å². The highest BCUT2D eigenvalue weighted by atomic mass is 14.7. The standard InChI is InChI=1S/C23H21N/c1-2-3-6-17-9-11-19(12-10-17)23-22-14-13-18-7-4-5-8-20(18)21(22)15-16-24-23/h4-5,7-16H,2-3,6H2,1H3. The van der Waals surface area contributed by atoms with Crippen molar-refractivity contribution in [3.05, 3.63) is 78.5 Å². The summed E-state index contributed by atoms with van der Waals surface area (Å²) in [6.45, 7) is 2.23. The fraction of sp³-hybridized carbons (Fsp3) is 0.174. The van der Waals surface area contributed by atoms with E-state index in [9.17, 15) is 0 Å². The highest BCUT2D eigenvalue weighted by Gasteiger charge is 2.08. The van der Waals surface area contributed by atoms with Crippen molar-refractivity contribution in [2.75, 3.05) is 0 Å². The number of unbranched alkanes of at least 4 members (excludes halogenated alkanes) is 1. The Kier molecular flexibility index (Phi) is 4.00. The molecule has 0 N–H and O–H groups in total. The van der Waals surface area contributed by atoms with Crippen LogP contribution in [0.2, 0.25) is 0 Å². The van der Waals surface area contributed by atoms with Gasteiger partial charge in [-0.2, -0.15) is 0 Å². The lowest BCUT2D eigenvalue weighted by atomic mass is 9.98. The van der Waals surface area contributed by atoms with Crippen molar-refractivity contribution in [1.29, 1.82) is 0 Å². The Morgan fingerprint density at radius 3 is 2.42 bits per heavy atom. The van der Waals surface area contributed by atoms with Crippen LogP contribution in [0.4, 0.5) is 0 Å². The number of fused-ring (bicyclic) bond motifs is 3. The maximum Gasteiger partial charge on any atom is 0.0780 e. The quantitative estimate of drug-likeness (QED) is 0.397. The molecule has 4 aromatic rings. The van der Waals surface area contributed by atoms with Gasteiger partial charge in [-0.05, 0) is 40.6 Å². The minimum Gasteiger partial charge on any atom is -0.256 e. The molecule has 0 aliphatic rings. The summed E-state index contributed by atoms with van der Waals surface area (Å²) >= 11 is 0. The Labute approximate surface area is 143 Å². The van der Waals surface area contributed by atoms with E-state index < -0.39 is 0 Å². The molecule has 0 atom stereocenters. The van der Waals surface area contributed by atoms with Crippen LogP contribution in [-0.4, -0.2) is 4.98 Å². The van der Waals surface area contributed by atoms with Gasteiger partial charge in [-0.3, -0.25) is 4.98 Å². The van der Waals surface area contributed by atoms with Crippen LogP contribution in [0.5, 0.6) is 0 Å². The van der Waals surface area contributed by atoms with Gasteiger partial charge in [-0.1, -0.05) is 74.0 Å². The fourth-order valence-electron chi connectivity index (χ4n) is 3.38. The monoisotopic (exact) mass is 311 g/mol. The predicted octanol–water partition coefficient (Wildman–Crippen LogP) is 6.40. The van der Waals surface area contributed by atoms with Crippen LogP contribution in [0.25, 0.3) is 32.8 Å². The Bertz CT molecular complexity index is 984. The largest absolute Gasteiger partial charge is 0.256 e. The summed E-state index contributed by atoms with van der Waals surface area (Å²) in [7, 11) is 0. The van der Waals surface area contributed by atoms with Gasteiger partial charge < -0.3 is 0 Å². The van der Waals surface area contributed by atoms with Crippen molar-refractivity contribution in [2.45, 2.75) is 26.2 Å². The number of aromatic nitrogens is 1. The van der Waals surface area contributed by atoms with E-state index in [1.165, 1.54) is 45.5 Å². The van der Waals surface area contributed by atoms with Crippen molar-refractivity contribution in [2.24, 2.45) is 0 Å². The summed E-state index contributed by atoms with van der Waals surface area (Å²) in [4.78, 5) is 4.68. The second kappa shape index (κ2) is 6.45. The Morgan fingerprint density at radius 1 is 0.750 bits per heavy atom. The molecule has 0 saturated carbocycles. The number of aryl methyl sites for hydroxylation is 1. The second-order valence-corrected chi connectivity index (χ2v) is 6.34. The van der Waals surface area contributed by atoms with Gasteiger partial charge in [0.1, 0.15) is 0 Å². The molecule has 0 fully saturated rings. The molecular formula is C23H21N. The topological polar surface area (TPSA) is 12.9 Å². The maximum absolute atomic E-state index is 4.68. The number of hydrogen-bond acceptors (Lipinski definition) is 1. The van der Waals surface area contributed by atoms with Gasteiger partial charge in [-0.15, -0.1) is 0 Å². The lowest BCUT2D eigenvalue weighted by Crippen LogP contribution is -1.89. The van der Waals surface area contributed by atoms with E-state index in [1.54, 1.807) is 0 Å². The SMILES string of the molecule is CCCCc1ccc(-c2nccc3c2ccc2ccccc23)cc1. The highest BCUT2D eigenvalue weighted by Crippen LogP contribution is 2.31. The van der Waals surface area contributed by atoms with Crippen molar-refractivity contribution in [3.8, 4) is 11.3 Å². The summed E-state index contributed by atoms with van der Waals surface area (Å²) in [5.74, 6) is 0. The smallest absolute Gasteiger partial charge is 0.0780 e. The minimum absolute atomic E-state index is 1.07. The van der Waals surface area contributed by atoms with Crippen LogP contribution in [0.15, 0.2) is 72.9 Å². The van der Waals surface area contributed by atoms with Gasteiger partial charge in [0, 0.05) is 17.1 Å². The van der Waals surface area contributed by atoms with E-state index in [-0.39, 0.29) is 0 Å². The lowest BCUT2D eigenvalue weighted by Gasteiger charge is -2.09. The van der Waals surface area contributed by atoms with E-state index in [1.807, 2.05) is 6.20 Å². The zero-order valence-corrected chi connectivity index (χ0v) is 14.0. The fourth-order valence-corrected chi connectivity index (χ4v) is 3.38. The van der Waals surface area contributed by atoms with Crippen LogP contribution in [0.1, 0.15) is 25.3 Å². The normalized spacial score (nSPS) is 11.2. The first kappa shape index (κ1) is 14.9. The summed E-state index contributed by atoms with van der Waals surface area (Å²) in [6.07, 6.45) is 5.57. The van der Waals surface area contributed by atoms with Crippen LogP contribution in [0.3, 0.4) is 0 Å². The lowest BCUT2D eigenvalue weighted by molar-refractivity contribution is 0.795. The summed E-state index contributed by atoms with van der Waals surface area (Å²) in [6, 6.07) is 24.0. The third-order valence-electron chi connectivity index (χ3n) is 4.72. The van der Waals surface area contributed by atoms with Gasteiger partial charge in [0.15, 0.2) is 0 Å². The third-order valence-corrected chi connectivity index (χ3v) is 4.72. The van der Waals surface area contributed by atoms with E-state index in [4.69, 9.17) is 0 Å². The highest BCUT2D eigenvalue weighted by molar-refractivity contribution is 6.11. The summed E-state index contributed by atoms with van der Waals surface area (Å²) < 4.78 is 0. The molecule has 0 saturated heterocycles. The molecule has 1 heterocycles. The average Bonchev–Trinajstić information content (AvgIpc) is 2.66. The number of pyridine rings is 1. The number of rotatable bonds is 4. The second-order valence-electron chi connectivity index (χ2n) is 6.34. The molecule has 118 valence electrons. The summed E-state index contributed by atoms with van der Waals surface area (Å²) in [5, 5.41) is 5.06. The Morgan fingerprint density at radius 2 is 1.58 bits per heavy atom. The molecule has 0 aliphatic heterocycles. The zero-order valence-electron chi connectivity index (χ0n) is 14.0. The average molecular weight is 311 g/mol. The molecule has 3 aromatic carbocycles. The van der Waals surface area contributed by atoms with Crippen molar-refractivity contribution >= 4 is 21.5 Å². The van der Waals surface area contributed by atoms with Gasteiger partial charge in [0.2, 0.25) is 0 Å². The van der Waals surface area contributed by atoms with Crippen LogP contribution in [0, 0.1) is 0 Å². The number of hydrogen-bond donors (Lipinski definition) is 0. The predicted molar refractivity (Wildman–Crippen MR) is 103 cm³/mol. The van der Waals surface area contributed by atoms with Gasteiger partial charge in [0.25, 0.3) is 0 Å². The van der Waals surface area contributed by atoms with E-state index in [0.717, 1.165) is 12.1 Å². The van der Waals surface area contributed by atoms with E-state index in [0.29, 0.717) is 0 Å². The Balaban J connectivity index is 1.83. The molecule has 24 heavy (non-hydrogen) atoms. The van der Waals surface area contributed by atoms with Crippen molar-refractivity contribution in [3.63, 3.8) is 0 Å². The summed E-state index contributed by atoms with van der Waals surface area (Å²) in [5.41, 5.74) is 3.67. The van der Waals surface area contributed by atoms with Crippen LogP contribution < -0.4 is 0 Å². The molecule has 0 radical (unpaired) electrons. The molecule has 4 rings (SSSR count). The molecule has 1 heteroatoms. The molecule has 0 aliphatic carbocycles. The molecule has 1 aromatic heterocycles. The first-order valence-electron chi connectivity index (χ1n) is 8.72.